The molecule has 0 saturated heterocycles. The van der Waals surface area contributed by atoms with E-state index in [0.717, 1.165) is 4.89 Å². The van der Waals surface area contributed by atoms with Gasteiger partial charge in [0.15, 0.2) is 0 Å². The summed E-state index contributed by atoms with van der Waals surface area (Å²) in [4.78, 5) is 0.933. The maximum Gasteiger partial charge on any atom is -1.00 e. The Morgan fingerprint density at radius 3 is 2.00 bits per heavy atom. The van der Waals surface area contributed by atoms with Crippen molar-refractivity contribution in [2.24, 2.45) is 0 Å². The Hall–Kier alpha value is 0.692. The molecular formula is C3H5ClPd. The summed E-state index contributed by atoms with van der Waals surface area (Å²) >= 11 is 2.92. The molecule has 34 valence electrons. The minimum absolute atomic E-state index is 0. The number of allylic oxidation sites excluding steroid dienone is 1. The SMILES string of the molecule is C=C[CH2][Pd+].[Cl-]. The van der Waals surface area contributed by atoms with Crippen molar-refractivity contribution in [3.63, 3.8) is 0 Å². The van der Waals surface area contributed by atoms with E-state index in [1.165, 1.54) is 0 Å². The van der Waals surface area contributed by atoms with Crippen LogP contribution in [-0.4, -0.2) is 0 Å². The fourth-order valence-corrected chi connectivity index (χ4v) is 0. The van der Waals surface area contributed by atoms with Crippen LogP contribution in [0.1, 0.15) is 0 Å². The van der Waals surface area contributed by atoms with Gasteiger partial charge in [-0.3, -0.25) is 0 Å². The average Bonchev–Trinajstić information content (AvgIpc) is 1.37. The number of halogens is 1. The fourth-order valence-electron chi connectivity index (χ4n) is 0. The van der Waals surface area contributed by atoms with Crippen molar-refractivity contribution in [3.05, 3.63) is 12.7 Å². The molecule has 0 radical (unpaired) electrons. The predicted molar refractivity (Wildman–Crippen MR) is 15.0 cm³/mol. The summed E-state index contributed by atoms with van der Waals surface area (Å²) in [6, 6.07) is 0. The molecule has 0 unspecified atom stereocenters. The third-order valence-corrected chi connectivity index (χ3v) is 0.540. The van der Waals surface area contributed by atoms with Gasteiger partial charge in [0.25, 0.3) is 0 Å². The second-order valence-electron chi connectivity index (χ2n) is 0.418. The van der Waals surface area contributed by atoms with Gasteiger partial charge in [-0.05, 0) is 0 Å². The molecule has 0 fully saturated rings. The van der Waals surface area contributed by atoms with E-state index in [-0.39, 0.29) is 12.4 Å². The maximum absolute atomic E-state index is 3.44. The summed E-state index contributed by atoms with van der Waals surface area (Å²) in [6.45, 7) is 3.44. The van der Waals surface area contributed by atoms with Crippen LogP contribution in [0.4, 0.5) is 0 Å². The Bertz CT molecular complexity index is 20.9. The Morgan fingerprint density at radius 1 is 1.80 bits per heavy atom. The average molecular weight is 183 g/mol. The van der Waals surface area contributed by atoms with Gasteiger partial charge in [-0.1, -0.05) is 0 Å². The normalized spacial score (nSPS) is 5.20. The third kappa shape index (κ3) is 11.9. The first kappa shape index (κ1) is 9.19. The van der Waals surface area contributed by atoms with Gasteiger partial charge in [0.2, 0.25) is 0 Å². The molecule has 0 aliphatic carbocycles. The summed E-state index contributed by atoms with van der Waals surface area (Å²) in [5.41, 5.74) is 0. The molecule has 0 spiro atoms. The molecule has 0 saturated carbocycles. The van der Waals surface area contributed by atoms with Gasteiger partial charge in [-0.15, -0.1) is 0 Å². The standard InChI is InChI=1S/C3H5.ClH.Pd/c1-3-2;;/h3H,1-2H2;1H;/q;;+1/p-1. The van der Waals surface area contributed by atoms with Crippen molar-refractivity contribution < 1.29 is 31.6 Å². The number of hydrogen-bond donors (Lipinski definition) is 0. The van der Waals surface area contributed by atoms with Crippen LogP contribution in [0.3, 0.4) is 0 Å². The molecule has 0 rings (SSSR count). The first-order valence-electron chi connectivity index (χ1n) is 1.04. The van der Waals surface area contributed by atoms with Gasteiger partial charge >= 0.3 is 36.8 Å². The molecule has 2 heteroatoms. The van der Waals surface area contributed by atoms with E-state index in [9.17, 15) is 0 Å². The second kappa shape index (κ2) is 8.83. The van der Waals surface area contributed by atoms with Gasteiger partial charge in [-0.2, -0.15) is 0 Å². The molecule has 0 aliphatic heterocycles. The van der Waals surface area contributed by atoms with Gasteiger partial charge < -0.3 is 12.4 Å². The third-order valence-electron chi connectivity index (χ3n) is 0.0913. The van der Waals surface area contributed by atoms with Crippen LogP contribution in [0.25, 0.3) is 0 Å². The molecule has 0 heterocycles. The topological polar surface area (TPSA) is 0 Å². The van der Waals surface area contributed by atoms with E-state index in [1.807, 2.05) is 6.08 Å². The van der Waals surface area contributed by atoms with E-state index in [0.29, 0.717) is 0 Å². The van der Waals surface area contributed by atoms with Crippen LogP contribution in [0.15, 0.2) is 12.7 Å². The molecule has 0 N–H and O–H groups in total. The van der Waals surface area contributed by atoms with E-state index in [1.54, 1.807) is 0 Å². The summed E-state index contributed by atoms with van der Waals surface area (Å²) in [5.74, 6) is 0. The molecule has 0 aromatic carbocycles. The summed E-state index contributed by atoms with van der Waals surface area (Å²) < 4.78 is 0. The summed E-state index contributed by atoms with van der Waals surface area (Å²) in [6.07, 6.45) is 1.81. The van der Waals surface area contributed by atoms with Crippen molar-refractivity contribution in [3.8, 4) is 0 Å². The molecule has 0 aliphatic rings. The summed E-state index contributed by atoms with van der Waals surface area (Å²) in [7, 11) is 0. The largest absolute Gasteiger partial charge is 1.00 e. The smallest absolute Gasteiger partial charge is 1.00 e. The van der Waals surface area contributed by atoms with Crippen molar-refractivity contribution in [1.29, 1.82) is 0 Å². The van der Waals surface area contributed by atoms with Crippen molar-refractivity contribution in [2.45, 2.75) is 4.89 Å². The first-order valence-corrected chi connectivity index (χ1v) is 2.14. The van der Waals surface area contributed by atoms with E-state index < -0.39 is 0 Å². The van der Waals surface area contributed by atoms with E-state index >= 15 is 0 Å². The van der Waals surface area contributed by atoms with Crippen LogP contribution >= 0.6 is 0 Å². The van der Waals surface area contributed by atoms with Crippen LogP contribution in [-0.2, 0) is 19.2 Å². The molecule has 5 heavy (non-hydrogen) atoms. The zero-order valence-electron chi connectivity index (χ0n) is 2.69. The maximum atomic E-state index is 3.44. The van der Waals surface area contributed by atoms with Gasteiger partial charge in [0.1, 0.15) is 0 Å². The van der Waals surface area contributed by atoms with Gasteiger partial charge in [0, 0.05) is 0 Å². The van der Waals surface area contributed by atoms with Gasteiger partial charge in [0.05, 0.1) is 0 Å². The minimum atomic E-state index is 0. The number of rotatable bonds is 1. The Balaban J connectivity index is 0. The molecular weight excluding hydrogens is 178 g/mol. The fraction of sp³-hybridized carbons (Fsp3) is 0.333. The zero-order chi connectivity index (χ0) is 3.41. The Labute approximate surface area is 49.5 Å². The molecule has 0 nitrogen and oxygen atoms in total. The van der Waals surface area contributed by atoms with Crippen LogP contribution in [0.2, 0.25) is 4.89 Å². The number of hydrogen-bond acceptors (Lipinski definition) is 0. The van der Waals surface area contributed by atoms with Crippen molar-refractivity contribution >= 4 is 0 Å². The monoisotopic (exact) mass is 182 g/mol. The van der Waals surface area contributed by atoms with Crippen molar-refractivity contribution in [1.82, 2.24) is 0 Å². The zero-order valence-corrected chi connectivity index (χ0v) is 5.00. The van der Waals surface area contributed by atoms with E-state index in [2.05, 4.69) is 25.8 Å². The Kier molecular flexibility index (Phi) is 16.2. The molecule has 0 amide bonds. The van der Waals surface area contributed by atoms with Crippen molar-refractivity contribution in [2.75, 3.05) is 0 Å². The molecule has 0 aromatic heterocycles. The van der Waals surface area contributed by atoms with Crippen LogP contribution < -0.4 is 12.4 Å². The Morgan fingerprint density at radius 2 is 2.00 bits per heavy atom. The first-order chi connectivity index (χ1) is 1.91. The molecule has 0 atom stereocenters. The van der Waals surface area contributed by atoms with Crippen LogP contribution in [0, 0.1) is 0 Å². The van der Waals surface area contributed by atoms with Crippen LogP contribution in [0.5, 0.6) is 0 Å². The predicted octanol–water partition coefficient (Wildman–Crippen LogP) is -1.86. The van der Waals surface area contributed by atoms with Gasteiger partial charge in [-0.25, -0.2) is 0 Å². The summed E-state index contributed by atoms with van der Waals surface area (Å²) in [5, 5.41) is 0. The quantitative estimate of drug-likeness (QED) is 0.330. The van der Waals surface area contributed by atoms with E-state index in [4.69, 9.17) is 0 Å². The second-order valence-corrected chi connectivity index (χ2v) is 1.05. The molecule has 0 aromatic rings. The molecule has 0 bridgehead atoms. The minimum Gasteiger partial charge on any atom is -1.00 e.